The van der Waals surface area contributed by atoms with Crippen LogP contribution in [0.1, 0.15) is 0 Å². The quantitative estimate of drug-likeness (QED) is 0.848. The highest BCUT2D eigenvalue weighted by molar-refractivity contribution is 8.01. The van der Waals surface area contributed by atoms with E-state index in [-0.39, 0.29) is 5.91 Å². The Kier molecular flexibility index (Phi) is 4.05. The van der Waals surface area contributed by atoms with Gasteiger partial charge in [0, 0.05) is 18.6 Å². The molecule has 2 aromatic heterocycles. The Morgan fingerprint density at radius 1 is 1.53 bits per heavy atom. The molecule has 0 radical (unpaired) electrons. The Hall–Kier alpha value is -1.47. The molecule has 0 aliphatic heterocycles. The maximum Gasteiger partial charge on any atom is 0.230 e. The Labute approximate surface area is 107 Å². The van der Waals surface area contributed by atoms with Crippen molar-refractivity contribution < 1.29 is 4.79 Å². The van der Waals surface area contributed by atoms with E-state index in [4.69, 9.17) is 0 Å². The van der Waals surface area contributed by atoms with Crippen LogP contribution >= 0.6 is 23.1 Å². The third kappa shape index (κ3) is 3.24. The largest absolute Gasteiger partial charge is 0.358 e. The number of rotatable bonds is 4. The summed E-state index contributed by atoms with van der Waals surface area (Å²) in [5, 5.41) is 4.50. The minimum atomic E-state index is -0.00575. The number of thiazole rings is 1. The van der Waals surface area contributed by atoms with Crippen LogP contribution in [0, 0.1) is 0 Å². The fourth-order valence-electron chi connectivity index (χ4n) is 1.08. The predicted octanol–water partition coefficient (Wildman–Crippen LogP) is 1.44. The average Bonchev–Trinajstić information content (AvgIpc) is 2.86. The normalized spacial score (nSPS) is 10.2. The van der Waals surface area contributed by atoms with Gasteiger partial charge in [-0.2, -0.15) is 0 Å². The van der Waals surface area contributed by atoms with Crippen molar-refractivity contribution in [3.05, 3.63) is 24.0 Å². The molecule has 0 spiro atoms. The second-order valence-electron chi connectivity index (χ2n) is 3.06. The van der Waals surface area contributed by atoms with Gasteiger partial charge in [0.15, 0.2) is 4.34 Å². The van der Waals surface area contributed by atoms with E-state index in [1.807, 2.05) is 11.4 Å². The summed E-state index contributed by atoms with van der Waals surface area (Å²) in [6.45, 7) is 0. The molecule has 0 atom stereocenters. The summed E-state index contributed by atoms with van der Waals surface area (Å²) >= 11 is 2.93. The Balaban J connectivity index is 2.04. The van der Waals surface area contributed by atoms with Crippen molar-refractivity contribution in [1.29, 1.82) is 0 Å². The van der Waals surface area contributed by atoms with Crippen molar-refractivity contribution in [2.45, 2.75) is 4.34 Å². The van der Waals surface area contributed by atoms with Crippen LogP contribution in [-0.4, -0.2) is 33.7 Å². The molecular formula is C10H10N4OS2. The van der Waals surface area contributed by atoms with Crippen LogP contribution in [-0.2, 0) is 4.79 Å². The van der Waals surface area contributed by atoms with Crippen LogP contribution in [0.4, 0.5) is 0 Å². The molecule has 0 aromatic carbocycles. The molecule has 0 unspecified atom stereocenters. The van der Waals surface area contributed by atoms with Gasteiger partial charge in [-0.25, -0.2) is 15.0 Å². The molecule has 0 saturated heterocycles. The maximum atomic E-state index is 11.1. The van der Waals surface area contributed by atoms with Gasteiger partial charge in [-0.1, -0.05) is 11.8 Å². The van der Waals surface area contributed by atoms with Gasteiger partial charge in [0.1, 0.15) is 12.0 Å². The summed E-state index contributed by atoms with van der Waals surface area (Å²) < 4.78 is 0.863. The van der Waals surface area contributed by atoms with E-state index in [1.54, 1.807) is 13.2 Å². The smallest absolute Gasteiger partial charge is 0.230 e. The third-order valence-electron chi connectivity index (χ3n) is 1.93. The summed E-state index contributed by atoms with van der Waals surface area (Å²) in [6.07, 6.45) is 3.17. The number of carbonyl (C=O) groups is 1. The Bertz CT molecular complexity index is 500. The number of hydrogen-bond acceptors (Lipinski definition) is 6. The Morgan fingerprint density at radius 2 is 2.41 bits per heavy atom. The number of hydrogen-bond donors (Lipinski definition) is 1. The van der Waals surface area contributed by atoms with E-state index in [9.17, 15) is 4.79 Å². The molecule has 0 bridgehead atoms. The highest BCUT2D eigenvalue weighted by atomic mass is 32.2. The molecule has 17 heavy (non-hydrogen) atoms. The zero-order chi connectivity index (χ0) is 12.1. The highest BCUT2D eigenvalue weighted by Crippen LogP contribution is 2.26. The number of carbonyl (C=O) groups excluding carboxylic acids is 1. The van der Waals surface area contributed by atoms with Crippen molar-refractivity contribution in [2.75, 3.05) is 12.8 Å². The molecule has 88 valence electrons. The maximum absolute atomic E-state index is 11.1. The van der Waals surface area contributed by atoms with Gasteiger partial charge in [0.25, 0.3) is 0 Å². The highest BCUT2D eigenvalue weighted by Gasteiger charge is 2.07. The van der Waals surface area contributed by atoms with E-state index in [1.165, 1.54) is 29.4 Å². The SMILES string of the molecule is CNC(=O)CSc1nc(-c2ccncn2)cs1. The van der Waals surface area contributed by atoms with Gasteiger partial charge < -0.3 is 5.32 Å². The molecular weight excluding hydrogens is 256 g/mol. The number of nitrogens with one attached hydrogen (secondary N) is 1. The fraction of sp³-hybridized carbons (Fsp3) is 0.200. The van der Waals surface area contributed by atoms with E-state index in [2.05, 4.69) is 20.3 Å². The van der Waals surface area contributed by atoms with Crippen LogP contribution in [0.5, 0.6) is 0 Å². The second kappa shape index (κ2) is 5.74. The molecule has 0 saturated carbocycles. The van der Waals surface area contributed by atoms with Gasteiger partial charge in [-0.15, -0.1) is 11.3 Å². The third-order valence-corrected chi connectivity index (χ3v) is 3.95. The lowest BCUT2D eigenvalue weighted by atomic mass is 10.3. The minimum Gasteiger partial charge on any atom is -0.358 e. The van der Waals surface area contributed by atoms with Crippen LogP contribution in [0.25, 0.3) is 11.4 Å². The molecule has 0 fully saturated rings. The first kappa shape index (κ1) is 12.0. The van der Waals surface area contributed by atoms with Crippen molar-refractivity contribution in [1.82, 2.24) is 20.3 Å². The zero-order valence-corrected chi connectivity index (χ0v) is 10.7. The monoisotopic (exact) mass is 266 g/mol. The molecule has 2 aromatic rings. The number of nitrogens with zero attached hydrogens (tertiary/aromatic N) is 3. The summed E-state index contributed by atoms with van der Waals surface area (Å²) in [5.41, 5.74) is 1.61. The number of thioether (sulfide) groups is 1. The molecule has 2 heterocycles. The van der Waals surface area contributed by atoms with Crippen molar-refractivity contribution in [3.8, 4) is 11.4 Å². The molecule has 0 aliphatic rings. The molecule has 5 nitrogen and oxygen atoms in total. The van der Waals surface area contributed by atoms with E-state index in [0.29, 0.717) is 5.75 Å². The lowest BCUT2D eigenvalue weighted by Crippen LogP contribution is -2.19. The standard InChI is InChI=1S/C10H10N4OS2/c1-11-9(15)5-17-10-14-8(4-16-10)7-2-3-12-6-13-7/h2-4,6H,5H2,1H3,(H,11,15). The van der Waals surface area contributed by atoms with Crippen LogP contribution in [0.15, 0.2) is 28.3 Å². The first-order valence-corrected chi connectivity index (χ1v) is 6.71. The number of aromatic nitrogens is 3. The van der Waals surface area contributed by atoms with Crippen molar-refractivity contribution in [3.63, 3.8) is 0 Å². The second-order valence-corrected chi connectivity index (χ2v) is 5.14. The van der Waals surface area contributed by atoms with Crippen LogP contribution < -0.4 is 5.32 Å². The van der Waals surface area contributed by atoms with E-state index >= 15 is 0 Å². The van der Waals surface area contributed by atoms with Gasteiger partial charge in [-0.05, 0) is 6.07 Å². The Morgan fingerprint density at radius 3 is 3.12 bits per heavy atom. The van der Waals surface area contributed by atoms with Crippen LogP contribution in [0.2, 0.25) is 0 Å². The summed E-state index contributed by atoms with van der Waals surface area (Å²) in [4.78, 5) is 23.5. The molecule has 2 rings (SSSR count). The van der Waals surface area contributed by atoms with Gasteiger partial charge in [0.2, 0.25) is 5.91 Å². The molecule has 7 heteroatoms. The fourth-order valence-corrected chi connectivity index (χ4v) is 2.77. The van der Waals surface area contributed by atoms with E-state index < -0.39 is 0 Å². The van der Waals surface area contributed by atoms with Crippen LogP contribution in [0.3, 0.4) is 0 Å². The summed E-state index contributed by atoms with van der Waals surface area (Å²) in [7, 11) is 1.62. The van der Waals surface area contributed by atoms with Crippen molar-refractivity contribution >= 4 is 29.0 Å². The zero-order valence-electron chi connectivity index (χ0n) is 9.08. The van der Waals surface area contributed by atoms with Crippen molar-refractivity contribution in [2.24, 2.45) is 0 Å². The predicted molar refractivity (Wildman–Crippen MR) is 67.9 cm³/mol. The topological polar surface area (TPSA) is 67.8 Å². The van der Waals surface area contributed by atoms with Gasteiger partial charge in [0.05, 0.1) is 11.4 Å². The lowest BCUT2D eigenvalue weighted by molar-refractivity contribution is -0.118. The average molecular weight is 266 g/mol. The number of amides is 1. The summed E-state index contributed by atoms with van der Waals surface area (Å²) in [6, 6.07) is 1.81. The molecule has 0 aliphatic carbocycles. The minimum absolute atomic E-state index is 0.00575. The van der Waals surface area contributed by atoms with E-state index in [0.717, 1.165) is 15.7 Å². The first-order chi connectivity index (χ1) is 8.29. The molecule has 1 amide bonds. The lowest BCUT2D eigenvalue weighted by Gasteiger charge is -1.96. The molecule has 1 N–H and O–H groups in total. The van der Waals surface area contributed by atoms with Gasteiger partial charge >= 0.3 is 0 Å². The first-order valence-electron chi connectivity index (χ1n) is 4.85. The van der Waals surface area contributed by atoms with Gasteiger partial charge in [-0.3, -0.25) is 4.79 Å². The summed E-state index contributed by atoms with van der Waals surface area (Å²) in [5.74, 6) is 0.376.